The van der Waals surface area contributed by atoms with Gasteiger partial charge in [0.2, 0.25) is 10.0 Å². The Labute approximate surface area is 75.5 Å². The molecule has 0 aliphatic carbocycles. The molecule has 0 amide bonds. The second-order valence-electron chi connectivity index (χ2n) is 2.24. The summed E-state index contributed by atoms with van der Waals surface area (Å²) in [5, 5.41) is 0. The summed E-state index contributed by atoms with van der Waals surface area (Å²) in [6.45, 7) is -0.697. The molecule has 0 aromatic heterocycles. The topological polar surface area (TPSA) is 80.3 Å². The molecule has 0 bridgehead atoms. The van der Waals surface area contributed by atoms with E-state index in [4.69, 9.17) is 0 Å². The quantitative estimate of drug-likeness (QED) is 0.515. The van der Waals surface area contributed by atoms with Gasteiger partial charge in [0, 0.05) is 0 Å². The largest absolute Gasteiger partial charge is 0.385 e. The lowest BCUT2D eigenvalue weighted by Gasteiger charge is -2.00. The number of rotatable bonds is 6. The van der Waals surface area contributed by atoms with Crippen LogP contribution in [0.15, 0.2) is 0 Å². The van der Waals surface area contributed by atoms with E-state index in [1.165, 1.54) is 0 Å². The van der Waals surface area contributed by atoms with E-state index in [0.717, 1.165) is 4.13 Å². The zero-order valence-corrected chi connectivity index (χ0v) is 8.17. The van der Waals surface area contributed by atoms with Crippen molar-refractivity contribution in [3.63, 3.8) is 0 Å². The van der Waals surface area contributed by atoms with Crippen LogP contribution in [0.4, 0.5) is 8.28 Å². The number of nitrogens with one attached hydrogen (secondary N) is 1. The van der Waals surface area contributed by atoms with Crippen LogP contribution in [0.25, 0.3) is 0 Å². The van der Waals surface area contributed by atoms with Gasteiger partial charge in [0.05, 0.1) is 12.4 Å². The molecule has 9 heteroatoms. The van der Waals surface area contributed by atoms with Gasteiger partial charge in [-0.25, -0.2) is 8.42 Å². The lowest BCUT2D eigenvalue weighted by Crippen LogP contribution is -2.29. The monoisotopic (exact) mass is 237 g/mol. The van der Waals surface area contributed by atoms with Gasteiger partial charge in [-0.2, -0.15) is 8.42 Å². The molecule has 0 unspecified atom stereocenters. The molecule has 0 heterocycles. The highest BCUT2D eigenvalue weighted by Crippen LogP contribution is 1.97. The summed E-state index contributed by atoms with van der Waals surface area (Å²) >= 11 is 0. The standard InChI is InChI=1S/C4H9F2NO4S2/c5-3-1-2-4-12(8,9)7-13(6,10)11/h7H,1-4H2. The Morgan fingerprint density at radius 3 is 2.00 bits per heavy atom. The van der Waals surface area contributed by atoms with Gasteiger partial charge < -0.3 is 0 Å². The van der Waals surface area contributed by atoms with E-state index in [-0.39, 0.29) is 12.8 Å². The Morgan fingerprint density at radius 2 is 1.62 bits per heavy atom. The van der Waals surface area contributed by atoms with Gasteiger partial charge in [-0.15, -0.1) is 0 Å². The van der Waals surface area contributed by atoms with Crippen molar-refractivity contribution in [3.05, 3.63) is 0 Å². The van der Waals surface area contributed by atoms with E-state index in [1.54, 1.807) is 0 Å². The van der Waals surface area contributed by atoms with Crippen molar-refractivity contribution in [2.45, 2.75) is 12.8 Å². The second-order valence-corrected chi connectivity index (χ2v) is 5.42. The first-order valence-electron chi connectivity index (χ1n) is 3.29. The molecule has 0 aromatic rings. The number of hydrogen-bond donors (Lipinski definition) is 1. The van der Waals surface area contributed by atoms with Gasteiger partial charge in [-0.05, 0) is 12.8 Å². The van der Waals surface area contributed by atoms with E-state index in [1.807, 2.05) is 0 Å². The van der Waals surface area contributed by atoms with Crippen LogP contribution in [-0.2, 0) is 20.4 Å². The zero-order valence-electron chi connectivity index (χ0n) is 6.53. The third-order valence-corrected chi connectivity index (χ3v) is 3.66. The number of sulfonamides is 1. The molecule has 0 aliphatic rings. The Morgan fingerprint density at radius 1 is 1.08 bits per heavy atom. The summed E-state index contributed by atoms with van der Waals surface area (Å²) in [6, 6.07) is 0. The summed E-state index contributed by atoms with van der Waals surface area (Å²) in [5.41, 5.74) is 0. The van der Waals surface area contributed by atoms with Crippen molar-refractivity contribution in [1.29, 1.82) is 0 Å². The number of alkyl halides is 1. The van der Waals surface area contributed by atoms with E-state index < -0.39 is 32.9 Å². The molecule has 1 N–H and O–H groups in total. The molecule has 80 valence electrons. The van der Waals surface area contributed by atoms with Crippen LogP contribution in [0.3, 0.4) is 0 Å². The van der Waals surface area contributed by atoms with Crippen molar-refractivity contribution < 1.29 is 25.1 Å². The van der Waals surface area contributed by atoms with Gasteiger partial charge >= 0.3 is 10.4 Å². The van der Waals surface area contributed by atoms with Crippen molar-refractivity contribution in [2.24, 2.45) is 0 Å². The molecule has 13 heavy (non-hydrogen) atoms. The Bertz CT molecular complexity index is 335. The maximum absolute atomic E-state index is 11.8. The average Bonchev–Trinajstić information content (AvgIpc) is 1.81. The lowest BCUT2D eigenvalue weighted by molar-refractivity contribution is 0.468. The number of unbranched alkanes of at least 4 members (excludes halogenated alkanes) is 1. The highest BCUT2D eigenvalue weighted by molar-refractivity contribution is 8.02. The molecule has 0 atom stereocenters. The third kappa shape index (κ3) is 8.06. The fourth-order valence-electron chi connectivity index (χ4n) is 0.580. The van der Waals surface area contributed by atoms with Crippen LogP contribution in [0.2, 0.25) is 0 Å². The van der Waals surface area contributed by atoms with Crippen LogP contribution in [0.1, 0.15) is 12.8 Å². The normalized spacial score (nSPS) is 13.1. The lowest BCUT2D eigenvalue weighted by atomic mass is 10.4. The minimum atomic E-state index is -5.25. The Hall–Kier alpha value is -0.280. The maximum atomic E-state index is 11.8. The highest BCUT2D eigenvalue weighted by Gasteiger charge is 2.18. The molecule has 0 rings (SSSR count). The molecule has 0 fully saturated rings. The van der Waals surface area contributed by atoms with Gasteiger partial charge in [-0.3, -0.25) is 4.39 Å². The Kier molecular flexibility index (Phi) is 4.71. The first-order valence-corrected chi connectivity index (χ1v) is 6.32. The van der Waals surface area contributed by atoms with Crippen molar-refractivity contribution >= 4 is 20.4 Å². The van der Waals surface area contributed by atoms with Crippen molar-refractivity contribution in [2.75, 3.05) is 12.4 Å². The summed E-state index contributed by atoms with van der Waals surface area (Å²) in [5.74, 6) is -0.611. The van der Waals surface area contributed by atoms with Gasteiger partial charge in [0.1, 0.15) is 0 Å². The molecular weight excluding hydrogens is 228 g/mol. The molecule has 0 aromatic carbocycles. The third-order valence-electron chi connectivity index (χ3n) is 1.02. The van der Waals surface area contributed by atoms with E-state index >= 15 is 0 Å². The second kappa shape index (κ2) is 4.82. The smallest absolute Gasteiger partial charge is 0.251 e. The predicted molar refractivity (Wildman–Crippen MR) is 42.2 cm³/mol. The molecule has 0 aliphatic heterocycles. The summed E-state index contributed by atoms with van der Waals surface area (Å²) < 4.78 is 65.1. The van der Waals surface area contributed by atoms with Crippen LogP contribution in [-0.4, -0.2) is 29.3 Å². The minimum Gasteiger partial charge on any atom is -0.251 e. The minimum absolute atomic E-state index is 0.00670. The van der Waals surface area contributed by atoms with E-state index in [2.05, 4.69) is 0 Å². The highest BCUT2D eigenvalue weighted by atomic mass is 32.3. The number of hydrogen-bond acceptors (Lipinski definition) is 4. The molecule has 0 spiro atoms. The first-order chi connectivity index (χ1) is 5.77. The zero-order chi connectivity index (χ0) is 10.5. The molecule has 0 radical (unpaired) electrons. The summed E-state index contributed by atoms with van der Waals surface area (Å²) in [7, 11) is -9.44. The van der Waals surface area contributed by atoms with Crippen LogP contribution < -0.4 is 4.13 Å². The molecule has 5 nitrogen and oxygen atoms in total. The van der Waals surface area contributed by atoms with Crippen molar-refractivity contribution in [3.8, 4) is 0 Å². The van der Waals surface area contributed by atoms with Crippen LogP contribution in [0.5, 0.6) is 0 Å². The van der Waals surface area contributed by atoms with Crippen molar-refractivity contribution in [1.82, 2.24) is 4.13 Å². The van der Waals surface area contributed by atoms with Crippen LogP contribution >= 0.6 is 0 Å². The summed E-state index contributed by atoms with van der Waals surface area (Å²) in [6.07, 6.45) is -0.0609. The first kappa shape index (κ1) is 12.7. The predicted octanol–water partition coefficient (Wildman–Crippen LogP) is -0.130. The molecule has 0 saturated heterocycles. The SMILES string of the molecule is O=S(=O)(F)NS(=O)(=O)CCCCF. The number of halogens is 2. The van der Waals surface area contributed by atoms with Gasteiger partial charge in [-0.1, -0.05) is 8.01 Å². The van der Waals surface area contributed by atoms with Gasteiger partial charge in [0.25, 0.3) is 0 Å². The molecular formula is C4H9F2NO4S2. The fourth-order valence-corrected chi connectivity index (χ4v) is 2.71. The van der Waals surface area contributed by atoms with E-state index in [9.17, 15) is 25.1 Å². The van der Waals surface area contributed by atoms with E-state index in [0.29, 0.717) is 0 Å². The Balaban J connectivity index is 4.12. The van der Waals surface area contributed by atoms with Crippen LogP contribution in [0, 0.1) is 0 Å². The maximum Gasteiger partial charge on any atom is 0.385 e. The molecule has 0 saturated carbocycles. The fraction of sp³-hybridized carbons (Fsp3) is 1.00. The average molecular weight is 237 g/mol. The summed E-state index contributed by atoms with van der Waals surface area (Å²) in [4.78, 5) is 0. The van der Waals surface area contributed by atoms with Gasteiger partial charge in [0.15, 0.2) is 0 Å².